The Kier molecular flexibility index (Phi) is 2.65. The minimum Gasteiger partial charge on any atom is -0.386 e. The average Bonchev–Trinajstić information content (AvgIpc) is 3.19. The van der Waals surface area contributed by atoms with E-state index in [4.69, 9.17) is 0 Å². The number of hydrogen-bond acceptors (Lipinski definition) is 5. The van der Waals surface area contributed by atoms with Gasteiger partial charge in [-0.15, -0.1) is 0 Å². The standard InChI is InChI=1S/C12H13N3O5/c16-10-9(3-8(4-13-10)15(19)20)11(17)14-5-12(18,6-14)7-1-2-7/h3-4,7,18H,1-2,5-6H2,(H,13,16). The van der Waals surface area contributed by atoms with E-state index in [0.29, 0.717) is 0 Å². The third kappa shape index (κ3) is 1.97. The molecule has 1 aromatic heterocycles. The van der Waals surface area contributed by atoms with Crippen molar-refractivity contribution in [3.8, 4) is 0 Å². The Balaban J connectivity index is 1.79. The number of H-pyrrole nitrogens is 1. The van der Waals surface area contributed by atoms with E-state index in [0.717, 1.165) is 25.1 Å². The molecule has 1 saturated carbocycles. The zero-order valence-electron chi connectivity index (χ0n) is 10.5. The molecular weight excluding hydrogens is 266 g/mol. The Bertz CT molecular complexity index is 643. The van der Waals surface area contributed by atoms with Crippen LogP contribution in [-0.2, 0) is 0 Å². The molecule has 2 aliphatic rings. The number of likely N-dealkylation sites (tertiary alicyclic amines) is 1. The Morgan fingerprint density at radius 1 is 1.50 bits per heavy atom. The molecule has 2 N–H and O–H groups in total. The molecule has 0 aromatic carbocycles. The summed E-state index contributed by atoms with van der Waals surface area (Å²) >= 11 is 0. The fourth-order valence-corrected chi connectivity index (χ4v) is 2.54. The second kappa shape index (κ2) is 4.14. The molecule has 0 unspecified atom stereocenters. The van der Waals surface area contributed by atoms with Crippen LogP contribution in [-0.4, -0.2) is 44.5 Å². The Morgan fingerprint density at radius 2 is 2.15 bits per heavy atom. The summed E-state index contributed by atoms with van der Waals surface area (Å²) in [6.45, 7) is 0.358. The summed E-state index contributed by atoms with van der Waals surface area (Å²) < 4.78 is 0. The third-order valence-corrected chi connectivity index (χ3v) is 3.88. The minimum atomic E-state index is -0.844. The summed E-state index contributed by atoms with van der Waals surface area (Å²) in [4.78, 5) is 37.2. The molecule has 2 heterocycles. The highest BCUT2D eigenvalue weighted by atomic mass is 16.6. The van der Waals surface area contributed by atoms with E-state index in [9.17, 15) is 24.8 Å². The predicted molar refractivity (Wildman–Crippen MR) is 67.3 cm³/mol. The number of nitro groups is 1. The maximum absolute atomic E-state index is 12.1. The molecule has 0 spiro atoms. The van der Waals surface area contributed by atoms with Crippen LogP contribution in [0.15, 0.2) is 17.1 Å². The van der Waals surface area contributed by atoms with E-state index in [1.54, 1.807) is 0 Å². The minimum absolute atomic E-state index is 0.179. The molecular formula is C12H13N3O5. The van der Waals surface area contributed by atoms with E-state index in [2.05, 4.69) is 4.98 Å². The monoisotopic (exact) mass is 279 g/mol. The molecule has 106 valence electrons. The molecule has 1 aliphatic carbocycles. The maximum atomic E-state index is 12.1. The van der Waals surface area contributed by atoms with Gasteiger partial charge in [0.2, 0.25) is 0 Å². The van der Waals surface area contributed by atoms with Crippen LogP contribution in [0.5, 0.6) is 0 Å². The van der Waals surface area contributed by atoms with Crippen molar-refractivity contribution < 1.29 is 14.8 Å². The van der Waals surface area contributed by atoms with Crippen molar-refractivity contribution in [3.05, 3.63) is 38.3 Å². The normalized spacial score (nSPS) is 20.4. The van der Waals surface area contributed by atoms with Crippen molar-refractivity contribution in [1.82, 2.24) is 9.88 Å². The number of β-amino-alcohol motifs (C(OH)–C–C–N with tert-alkyl or cyclic N) is 1. The van der Waals surface area contributed by atoms with Crippen LogP contribution >= 0.6 is 0 Å². The van der Waals surface area contributed by atoms with Gasteiger partial charge in [-0.25, -0.2) is 0 Å². The summed E-state index contributed by atoms with van der Waals surface area (Å²) in [5.74, 6) is -0.352. The highest BCUT2D eigenvalue weighted by molar-refractivity contribution is 5.95. The second-order valence-electron chi connectivity index (χ2n) is 5.40. The Hall–Kier alpha value is -2.22. The first-order chi connectivity index (χ1) is 9.40. The van der Waals surface area contributed by atoms with Crippen LogP contribution in [0, 0.1) is 16.0 Å². The van der Waals surface area contributed by atoms with Gasteiger partial charge in [0.05, 0.1) is 24.2 Å². The van der Waals surface area contributed by atoms with Gasteiger partial charge in [-0.2, -0.15) is 0 Å². The Morgan fingerprint density at radius 3 is 2.70 bits per heavy atom. The summed E-state index contributed by atoms with van der Waals surface area (Å²) in [6.07, 6.45) is 2.86. The molecule has 1 amide bonds. The number of pyridine rings is 1. The number of carbonyl (C=O) groups excluding carboxylic acids is 1. The fourth-order valence-electron chi connectivity index (χ4n) is 2.54. The van der Waals surface area contributed by atoms with Crippen LogP contribution in [0.3, 0.4) is 0 Å². The molecule has 1 aliphatic heterocycles. The van der Waals surface area contributed by atoms with Crippen molar-refractivity contribution in [3.63, 3.8) is 0 Å². The number of nitrogens with one attached hydrogen (secondary N) is 1. The smallest absolute Gasteiger partial charge is 0.286 e. The van der Waals surface area contributed by atoms with Crippen molar-refractivity contribution in [2.75, 3.05) is 13.1 Å². The van der Waals surface area contributed by atoms with Crippen molar-refractivity contribution in [2.24, 2.45) is 5.92 Å². The average molecular weight is 279 g/mol. The van der Waals surface area contributed by atoms with Crippen molar-refractivity contribution in [1.29, 1.82) is 0 Å². The number of rotatable bonds is 3. The first-order valence-electron chi connectivity index (χ1n) is 6.29. The van der Waals surface area contributed by atoms with Gasteiger partial charge in [0.25, 0.3) is 17.2 Å². The third-order valence-electron chi connectivity index (χ3n) is 3.88. The molecule has 0 bridgehead atoms. The topological polar surface area (TPSA) is 117 Å². The number of carbonyl (C=O) groups is 1. The van der Waals surface area contributed by atoms with Gasteiger partial charge in [0.1, 0.15) is 11.2 Å². The van der Waals surface area contributed by atoms with Gasteiger partial charge >= 0.3 is 0 Å². The van der Waals surface area contributed by atoms with Crippen LogP contribution in [0.1, 0.15) is 23.2 Å². The molecule has 3 rings (SSSR count). The van der Waals surface area contributed by atoms with Gasteiger partial charge in [0, 0.05) is 6.07 Å². The highest BCUT2D eigenvalue weighted by Crippen LogP contribution is 2.44. The maximum Gasteiger partial charge on any atom is 0.286 e. The number of nitrogens with zero attached hydrogens (tertiary/aromatic N) is 2. The number of aromatic nitrogens is 1. The lowest BCUT2D eigenvalue weighted by atomic mass is 9.88. The fraction of sp³-hybridized carbons (Fsp3) is 0.500. The number of aliphatic hydroxyl groups is 1. The van der Waals surface area contributed by atoms with Gasteiger partial charge in [0.15, 0.2) is 0 Å². The lowest BCUT2D eigenvalue weighted by Crippen LogP contribution is -2.65. The molecule has 0 radical (unpaired) electrons. The lowest BCUT2D eigenvalue weighted by molar-refractivity contribution is -0.385. The number of aromatic amines is 1. The molecule has 20 heavy (non-hydrogen) atoms. The zero-order valence-corrected chi connectivity index (χ0v) is 10.5. The van der Waals surface area contributed by atoms with Crippen molar-refractivity contribution >= 4 is 11.6 Å². The van der Waals surface area contributed by atoms with Crippen molar-refractivity contribution in [2.45, 2.75) is 18.4 Å². The van der Waals surface area contributed by atoms with E-state index in [1.807, 2.05) is 0 Å². The van der Waals surface area contributed by atoms with Crippen LogP contribution in [0.2, 0.25) is 0 Å². The van der Waals surface area contributed by atoms with Crippen LogP contribution in [0.4, 0.5) is 5.69 Å². The lowest BCUT2D eigenvalue weighted by Gasteiger charge is -2.46. The largest absolute Gasteiger partial charge is 0.386 e. The van der Waals surface area contributed by atoms with Gasteiger partial charge in [-0.1, -0.05) is 0 Å². The number of hydrogen-bond donors (Lipinski definition) is 2. The first-order valence-corrected chi connectivity index (χ1v) is 6.29. The molecule has 0 atom stereocenters. The molecule has 8 nitrogen and oxygen atoms in total. The Labute approximate surface area is 113 Å². The predicted octanol–water partition coefficient (Wildman–Crippen LogP) is -0.120. The second-order valence-corrected chi connectivity index (χ2v) is 5.40. The van der Waals surface area contributed by atoms with E-state index in [1.165, 1.54) is 4.90 Å². The highest BCUT2D eigenvalue weighted by Gasteiger charge is 2.53. The van der Waals surface area contributed by atoms with Gasteiger partial charge < -0.3 is 15.0 Å². The summed E-state index contributed by atoms with van der Waals surface area (Å²) in [7, 11) is 0. The van der Waals surface area contributed by atoms with Gasteiger partial charge in [-0.3, -0.25) is 19.7 Å². The quantitative estimate of drug-likeness (QED) is 0.591. The SMILES string of the molecule is O=C(c1cc([N+](=O)[O-])c[nH]c1=O)N1CC(O)(C2CC2)C1. The van der Waals surface area contributed by atoms with E-state index >= 15 is 0 Å². The van der Waals surface area contributed by atoms with E-state index < -0.39 is 22.0 Å². The molecule has 1 saturated heterocycles. The summed E-state index contributed by atoms with van der Waals surface area (Å²) in [5, 5.41) is 20.8. The van der Waals surface area contributed by atoms with E-state index in [-0.39, 0.29) is 30.3 Å². The summed E-state index contributed by atoms with van der Waals surface area (Å²) in [6, 6.07) is 0.968. The molecule has 2 fully saturated rings. The summed E-state index contributed by atoms with van der Waals surface area (Å²) in [5.41, 5.74) is -2.12. The number of amides is 1. The molecule has 8 heteroatoms. The molecule has 1 aromatic rings. The zero-order chi connectivity index (χ0) is 14.5. The van der Waals surface area contributed by atoms with Gasteiger partial charge in [-0.05, 0) is 18.8 Å². The van der Waals surface area contributed by atoms with Crippen LogP contribution < -0.4 is 5.56 Å². The van der Waals surface area contributed by atoms with Crippen LogP contribution in [0.25, 0.3) is 0 Å². The first kappa shape index (κ1) is 12.8.